The molecule has 0 saturated heterocycles. The van der Waals surface area contributed by atoms with E-state index in [2.05, 4.69) is 52.9 Å². The van der Waals surface area contributed by atoms with Gasteiger partial charge in [0.1, 0.15) is 18.7 Å². The van der Waals surface area contributed by atoms with Gasteiger partial charge in [-0.1, -0.05) is 74.5 Å². The number of carbonyl (C=O) groups is 2. The highest BCUT2D eigenvalue weighted by Crippen LogP contribution is 2.44. The van der Waals surface area contributed by atoms with Gasteiger partial charge >= 0.3 is 6.09 Å². The third-order valence-electron chi connectivity index (χ3n) is 7.49. The van der Waals surface area contributed by atoms with Gasteiger partial charge in [-0.2, -0.15) is 0 Å². The van der Waals surface area contributed by atoms with Gasteiger partial charge in [-0.05, 0) is 59.1 Å². The molecule has 0 atom stereocenters. The number of fused-ring (bicyclic) bond motifs is 4. The molecule has 0 saturated carbocycles. The molecular weight excluding hydrogens is 488 g/mol. The Morgan fingerprint density at radius 2 is 1.72 bits per heavy atom. The third kappa shape index (κ3) is 5.64. The van der Waals surface area contributed by atoms with E-state index in [9.17, 15) is 9.59 Å². The second-order valence-electron chi connectivity index (χ2n) is 9.63. The Kier molecular flexibility index (Phi) is 8.18. The Morgan fingerprint density at radius 3 is 2.38 bits per heavy atom. The first-order valence-electron chi connectivity index (χ1n) is 13.5. The van der Waals surface area contributed by atoms with E-state index < -0.39 is 6.09 Å². The van der Waals surface area contributed by atoms with Crippen molar-refractivity contribution in [1.82, 2.24) is 19.8 Å². The highest BCUT2D eigenvalue weighted by molar-refractivity contribution is 5.82. The highest BCUT2D eigenvalue weighted by atomic mass is 16.5. The standard InChI is InChI=1S/C32H34N4O3/c1-3-35(4-2)17-18-36-30-16-15-23(10-9-19-37)20-29(30)34-31(36)21-33-32(38)39-22-28-26-13-7-5-11-24(26)25-12-6-8-14-27(25)28/h5-16,19-20,28H,3-4,17-18,21-22H2,1-2H3,(H,33,38)/b10-9+. The number of hydrogen-bond donors (Lipinski definition) is 1. The molecule has 4 aromatic rings. The third-order valence-corrected chi connectivity index (χ3v) is 7.49. The van der Waals surface area contributed by atoms with Gasteiger partial charge in [-0.25, -0.2) is 9.78 Å². The van der Waals surface area contributed by atoms with E-state index in [4.69, 9.17) is 9.72 Å². The summed E-state index contributed by atoms with van der Waals surface area (Å²) in [5, 5.41) is 2.92. The van der Waals surface area contributed by atoms with Crippen molar-refractivity contribution in [1.29, 1.82) is 0 Å². The molecule has 7 nitrogen and oxygen atoms in total. The lowest BCUT2D eigenvalue weighted by Crippen LogP contribution is -2.29. The number of likely N-dealkylation sites (N-methyl/N-ethyl adjacent to an activating group) is 1. The zero-order valence-corrected chi connectivity index (χ0v) is 22.5. The maximum absolute atomic E-state index is 12.8. The molecule has 1 aliphatic rings. The first-order chi connectivity index (χ1) is 19.1. The Labute approximate surface area is 229 Å². The fraction of sp³-hybridized carbons (Fsp3) is 0.281. The lowest BCUT2D eigenvalue weighted by Gasteiger charge is -2.19. The van der Waals surface area contributed by atoms with Gasteiger partial charge in [0, 0.05) is 19.0 Å². The summed E-state index contributed by atoms with van der Waals surface area (Å²) in [6, 6.07) is 22.6. The SMILES string of the molecule is CCN(CC)CCn1c(CNC(=O)OCC2c3ccccc3-c3ccccc32)nc2cc(/C=C/C=O)ccc21. The summed E-state index contributed by atoms with van der Waals surface area (Å²) in [7, 11) is 0. The molecule has 5 rings (SSSR count). The molecule has 1 aliphatic carbocycles. The fourth-order valence-electron chi connectivity index (χ4n) is 5.42. The van der Waals surface area contributed by atoms with Crippen LogP contribution in [-0.4, -0.2) is 53.1 Å². The lowest BCUT2D eigenvalue weighted by atomic mass is 9.98. The van der Waals surface area contributed by atoms with Gasteiger partial charge in [0.25, 0.3) is 0 Å². The van der Waals surface area contributed by atoms with Crippen molar-refractivity contribution in [3.8, 4) is 11.1 Å². The topological polar surface area (TPSA) is 76.5 Å². The number of amides is 1. The van der Waals surface area contributed by atoms with Crippen LogP contribution in [0.5, 0.6) is 0 Å². The fourth-order valence-corrected chi connectivity index (χ4v) is 5.42. The molecule has 7 heteroatoms. The monoisotopic (exact) mass is 522 g/mol. The van der Waals surface area contributed by atoms with Crippen LogP contribution in [0.25, 0.3) is 28.2 Å². The van der Waals surface area contributed by atoms with Crippen molar-refractivity contribution in [3.05, 3.63) is 95.3 Å². The van der Waals surface area contributed by atoms with Gasteiger partial charge in [0.15, 0.2) is 0 Å². The Hall–Kier alpha value is -4.23. The minimum Gasteiger partial charge on any atom is -0.449 e. The molecule has 1 N–H and O–H groups in total. The number of benzene rings is 3. The molecule has 0 aliphatic heterocycles. The van der Waals surface area contributed by atoms with Gasteiger partial charge in [-0.3, -0.25) is 4.79 Å². The first-order valence-corrected chi connectivity index (χ1v) is 13.5. The number of ether oxygens (including phenoxy) is 1. The van der Waals surface area contributed by atoms with Crippen LogP contribution in [0.15, 0.2) is 72.8 Å². The van der Waals surface area contributed by atoms with Crippen LogP contribution < -0.4 is 5.32 Å². The summed E-state index contributed by atoms with van der Waals surface area (Å²) in [5.74, 6) is 0.779. The van der Waals surface area contributed by atoms with Gasteiger partial charge in [0.05, 0.1) is 17.6 Å². The molecular formula is C32H34N4O3. The van der Waals surface area contributed by atoms with Crippen LogP contribution in [0.2, 0.25) is 0 Å². The number of carbonyl (C=O) groups excluding carboxylic acids is 2. The van der Waals surface area contributed by atoms with Crippen LogP contribution in [0.4, 0.5) is 4.79 Å². The number of nitrogens with zero attached hydrogens (tertiary/aromatic N) is 3. The van der Waals surface area contributed by atoms with Crippen LogP contribution >= 0.6 is 0 Å². The average Bonchev–Trinajstić information content (AvgIpc) is 3.49. The molecule has 0 unspecified atom stereocenters. The summed E-state index contributed by atoms with van der Waals surface area (Å²) < 4.78 is 7.89. The molecule has 39 heavy (non-hydrogen) atoms. The summed E-state index contributed by atoms with van der Waals surface area (Å²) in [6.07, 6.45) is 3.53. The molecule has 1 heterocycles. The molecule has 1 amide bonds. The van der Waals surface area contributed by atoms with Gasteiger partial charge < -0.3 is 19.5 Å². The second kappa shape index (κ2) is 12.1. The van der Waals surface area contributed by atoms with Crippen molar-refractivity contribution in [2.75, 3.05) is 26.2 Å². The quantitative estimate of drug-likeness (QED) is 0.204. The lowest BCUT2D eigenvalue weighted by molar-refractivity contribution is -0.104. The smallest absolute Gasteiger partial charge is 0.407 e. The van der Waals surface area contributed by atoms with Crippen LogP contribution in [0.3, 0.4) is 0 Å². The Bertz CT molecular complexity index is 1460. The molecule has 200 valence electrons. The molecule has 0 spiro atoms. The second-order valence-corrected chi connectivity index (χ2v) is 9.63. The minimum absolute atomic E-state index is 0.0136. The Morgan fingerprint density at radius 1 is 1.03 bits per heavy atom. The summed E-state index contributed by atoms with van der Waals surface area (Å²) in [5.41, 5.74) is 7.49. The highest BCUT2D eigenvalue weighted by Gasteiger charge is 2.29. The average molecular weight is 523 g/mol. The largest absolute Gasteiger partial charge is 0.449 e. The van der Waals surface area contributed by atoms with Crippen LogP contribution in [-0.2, 0) is 22.6 Å². The number of imidazole rings is 1. The van der Waals surface area contributed by atoms with E-state index in [1.807, 2.05) is 42.5 Å². The normalized spacial score (nSPS) is 12.7. The van der Waals surface area contributed by atoms with E-state index in [0.29, 0.717) is 0 Å². The maximum Gasteiger partial charge on any atom is 0.407 e. The number of hydrogen-bond acceptors (Lipinski definition) is 5. The van der Waals surface area contributed by atoms with E-state index in [0.717, 1.165) is 54.9 Å². The van der Waals surface area contributed by atoms with Crippen molar-refractivity contribution < 1.29 is 14.3 Å². The van der Waals surface area contributed by atoms with Gasteiger partial charge in [0.2, 0.25) is 0 Å². The Balaban J connectivity index is 1.30. The molecule has 3 aromatic carbocycles. The maximum atomic E-state index is 12.8. The van der Waals surface area contributed by atoms with Gasteiger partial charge in [-0.15, -0.1) is 0 Å². The number of rotatable bonds is 11. The summed E-state index contributed by atoms with van der Waals surface area (Å²) in [4.78, 5) is 30.8. The summed E-state index contributed by atoms with van der Waals surface area (Å²) in [6.45, 7) is 8.40. The van der Waals surface area contributed by atoms with E-state index in [1.165, 1.54) is 28.3 Å². The number of allylic oxidation sites excluding steroid dienone is 1. The molecule has 0 radical (unpaired) electrons. The zero-order chi connectivity index (χ0) is 27.2. The number of aromatic nitrogens is 2. The number of alkyl carbamates (subject to hydrolysis) is 1. The predicted octanol–water partition coefficient (Wildman–Crippen LogP) is 5.63. The van der Waals surface area contributed by atoms with E-state index >= 15 is 0 Å². The zero-order valence-electron chi connectivity index (χ0n) is 22.5. The van der Waals surface area contributed by atoms with Crippen LogP contribution in [0, 0.1) is 0 Å². The van der Waals surface area contributed by atoms with Crippen molar-refractivity contribution in [2.45, 2.75) is 32.9 Å². The minimum atomic E-state index is -0.464. The summed E-state index contributed by atoms with van der Waals surface area (Å²) >= 11 is 0. The van der Waals surface area contributed by atoms with E-state index in [-0.39, 0.29) is 19.1 Å². The molecule has 1 aromatic heterocycles. The number of aldehydes is 1. The number of nitrogens with one attached hydrogen (secondary N) is 1. The molecule has 0 bridgehead atoms. The molecule has 0 fully saturated rings. The first kappa shape index (κ1) is 26.4. The van der Waals surface area contributed by atoms with Crippen molar-refractivity contribution >= 4 is 29.5 Å². The van der Waals surface area contributed by atoms with Crippen molar-refractivity contribution in [3.63, 3.8) is 0 Å². The van der Waals surface area contributed by atoms with E-state index in [1.54, 1.807) is 6.08 Å². The van der Waals surface area contributed by atoms with Crippen LogP contribution in [0.1, 0.15) is 42.3 Å². The predicted molar refractivity (Wildman–Crippen MR) is 155 cm³/mol. The van der Waals surface area contributed by atoms with Crippen molar-refractivity contribution in [2.24, 2.45) is 0 Å².